The molecule has 104 valence electrons. The Balaban J connectivity index is 2.03. The molecule has 5 heteroatoms. The minimum absolute atomic E-state index is 0.0731. The molecule has 2 rings (SSSR count). The molecule has 1 aliphatic rings. The smallest absolute Gasteiger partial charge is 0.256 e. The van der Waals surface area contributed by atoms with Gasteiger partial charge in [-0.1, -0.05) is 6.92 Å². The van der Waals surface area contributed by atoms with E-state index >= 15 is 0 Å². The number of nitrogen functional groups attached to an aromatic ring is 1. The van der Waals surface area contributed by atoms with Crippen LogP contribution in [0.25, 0.3) is 0 Å². The molecule has 0 spiro atoms. The number of benzene rings is 1. The number of hydrogen-bond acceptors (Lipinski definition) is 3. The van der Waals surface area contributed by atoms with E-state index in [0.717, 1.165) is 26.1 Å². The van der Waals surface area contributed by atoms with E-state index in [0.29, 0.717) is 18.8 Å². The number of nitrogens with two attached hydrogens (primary N) is 1. The molecule has 0 unspecified atom stereocenters. The fourth-order valence-electron chi connectivity index (χ4n) is 2.37. The van der Waals surface area contributed by atoms with Gasteiger partial charge in [0.15, 0.2) is 0 Å². The Morgan fingerprint density at radius 3 is 2.63 bits per heavy atom. The second-order valence-corrected chi connectivity index (χ2v) is 4.87. The number of carbonyl (C=O) groups excluding carboxylic acids is 1. The lowest BCUT2D eigenvalue weighted by Gasteiger charge is -2.34. The summed E-state index contributed by atoms with van der Waals surface area (Å²) >= 11 is 0. The molecule has 19 heavy (non-hydrogen) atoms. The summed E-state index contributed by atoms with van der Waals surface area (Å²) in [5.41, 5.74) is 6.10. The number of carbonyl (C=O) groups is 1. The summed E-state index contributed by atoms with van der Waals surface area (Å²) in [5, 5.41) is 0. The molecule has 0 radical (unpaired) electrons. The first kappa shape index (κ1) is 13.8. The van der Waals surface area contributed by atoms with E-state index in [1.807, 2.05) is 0 Å². The molecular weight excluding hydrogens is 245 g/mol. The average Bonchev–Trinajstić information content (AvgIpc) is 2.42. The van der Waals surface area contributed by atoms with Crippen LogP contribution < -0.4 is 5.73 Å². The summed E-state index contributed by atoms with van der Waals surface area (Å²) in [4.78, 5) is 16.3. The molecule has 0 aliphatic carbocycles. The van der Waals surface area contributed by atoms with Crippen LogP contribution in [0, 0.1) is 5.82 Å². The maximum absolute atomic E-state index is 13.7. The van der Waals surface area contributed by atoms with Crippen LogP contribution >= 0.6 is 0 Å². The van der Waals surface area contributed by atoms with Crippen LogP contribution in [0.3, 0.4) is 0 Å². The summed E-state index contributed by atoms with van der Waals surface area (Å²) in [6.45, 7) is 6.18. The van der Waals surface area contributed by atoms with Crippen molar-refractivity contribution in [1.29, 1.82) is 0 Å². The number of rotatable bonds is 3. The van der Waals surface area contributed by atoms with Gasteiger partial charge in [0.1, 0.15) is 5.82 Å². The van der Waals surface area contributed by atoms with Gasteiger partial charge in [0.25, 0.3) is 5.91 Å². The zero-order valence-corrected chi connectivity index (χ0v) is 11.2. The minimum atomic E-state index is -0.504. The summed E-state index contributed by atoms with van der Waals surface area (Å²) in [7, 11) is 0. The van der Waals surface area contributed by atoms with Gasteiger partial charge in [-0.05, 0) is 31.2 Å². The molecular formula is C14H20FN3O. The monoisotopic (exact) mass is 265 g/mol. The Morgan fingerprint density at radius 2 is 2.00 bits per heavy atom. The molecule has 1 saturated heterocycles. The second kappa shape index (κ2) is 6.02. The third-order valence-corrected chi connectivity index (χ3v) is 3.42. The summed E-state index contributed by atoms with van der Waals surface area (Å²) in [6.07, 6.45) is 1.11. The van der Waals surface area contributed by atoms with Crippen LogP contribution in [0.5, 0.6) is 0 Å². The maximum Gasteiger partial charge on any atom is 0.256 e. The quantitative estimate of drug-likeness (QED) is 0.844. The van der Waals surface area contributed by atoms with Gasteiger partial charge in [-0.15, -0.1) is 0 Å². The molecule has 1 aromatic carbocycles. The first-order valence-corrected chi connectivity index (χ1v) is 6.68. The first-order chi connectivity index (χ1) is 9.11. The van der Waals surface area contributed by atoms with Crippen molar-refractivity contribution in [1.82, 2.24) is 9.80 Å². The molecule has 1 aromatic rings. The van der Waals surface area contributed by atoms with Crippen molar-refractivity contribution in [3.8, 4) is 0 Å². The van der Waals surface area contributed by atoms with Crippen molar-refractivity contribution >= 4 is 11.6 Å². The fraction of sp³-hybridized carbons (Fsp3) is 0.500. The van der Waals surface area contributed by atoms with E-state index in [-0.39, 0.29) is 11.5 Å². The summed E-state index contributed by atoms with van der Waals surface area (Å²) in [6, 6.07) is 4.12. The van der Waals surface area contributed by atoms with Crippen molar-refractivity contribution in [3.05, 3.63) is 29.6 Å². The molecule has 2 N–H and O–H groups in total. The zero-order chi connectivity index (χ0) is 13.8. The van der Waals surface area contributed by atoms with E-state index < -0.39 is 5.82 Å². The number of halogens is 1. The number of anilines is 1. The molecule has 0 bridgehead atoms. The van der Waals surface area contributed by atoms with Gasteiger partial charge in [0, 0.05) is 31.9 Å². The van der Waals surface area contributed by atoms with E-state index in [2.05, 4.69) is 11.8 Å². The molecule has 0 aromatic heterocycles. The second-order valence-electron chi connectivity index (χ2n) is 4.87. The Labute approximate surface area is 113 Å². The highest BCUT2D eigenvalue weighted by Crippen LogP contribution is 2.15. The molecule has 1 fully saturated rings. The van der Waals surface area contributed by atoms with Crippen LogP contribution in [0.15, 0.2) is 18.2 Å². The predicted molar refractivity (Wildman–Crippen MR) is 73.4 cm³/mol. The van der Waals surface area contributed by atoms with Gasteiger partial charge >= 0.3 is 0 Å². The predicted octanol–water partition coefficient (Wildman–Crippen LogP) is 1.58. The topological polar surface area (TPSA) is 49.6 Å². The lowest BCUT2D eigenvalue weighted by molar-refractivity contribution is 0.0633. The normalized spacial score (nSPS) is 16.6. The van der Waals surface area contributed by atoms with Gasteiger partial charge in [-0.3, -0.25) is 9.69 Å². The fourth-order valence-corrected chi connectivity index (χ4v) is 2.37. The van der Waals surface area contributed by atoms with Gasteiger partial charge in [0.05, 0.1) is 5.56 Å². The third kappa shape index (κ3) is 3.23. The lowest BCUT2D eigenvalue weighted by Crippen LogP contribution is -2.48. The van der Waals surface area contributed by atoms with Gasteiger partial charge in [-0.2, -0.15) is 0 Å². The SMILES string of the molecule is CCCN1CCN(C(=O)c2cc(N)ccc2F)CC1. The third-order valence-electron chi connectivity index (χ3n) is 3.42. The van der Waals surface area contributed by atoms with Gasteiger partial charge in [-0.25, -0.2) is 4.39 Å². The van der Waals surface area contributed by atoms with Crippen molar-refractivity contribution in [2.45, 2.75) is 13.3 Å². The maximum atomic E-state index is 13.7. The van der Waals surface area contributed by atoms with Crippen molar-refractivity contribution < 1.29 is 9.18 Å². The number of amides is 1. The van der Waals surface area contributed by atoms with Gasteiger partial charge < -0.3 is 10.6 Å². The lowest BCUT2D eigenvalue weighted by atomic mass is 10.1. The first-order valence-electron chi connectivity index (χ1n) is 6.68. The Bertz CT molecular complexity index is 456. The van der Waals surface area contributed by atoms with E-state index in [9.17, 15) is 9.18 Å². The molecule has 1 heterocycles. The van der Waals surface area contributed by atoms with Crippen LogP contribution in [0.1, 0.15) is 23.7 Å². The standard InChI is InChI=1S/C14H20FN3O/c1-2-5-17-6-8-18(9-7-17)14(19)12-10-11(16)3-4-13(12)15/h3-4,10H,2,5-9,16H2,1H3. The highest BCUT2D eigenvalue weighted by molar-refractivity contribution is 5.95. The number of nitrogens with zero attached hydrogens (tertiary/aromatic N) is 2. The Morgan fingerprint density at radius 1 is 1.32 bits per heavy atom. The largest absolute Gasteiger partial charge is 0.399 e. The highest BCUT2D eigenvalue weighted by Gasteiger charge is 2.23. The van der Waals surface area contributed by atoms with Crippen LogP contribution in [-0.2, 0) is 0 Å². The number of piperazine rings is 1. The minimum Gasteiger partial charge on any atom is -0.399 e. The van der Waals surface area contributed by atoms with Crippen LogP contribution in [0.4, 0.5) is 10.1 Å². The van der Waals surface area contributed by atoms with E-state index in [1.165, 1.54) is 18.2 Å². The molecule has 4 nitrogen and oxygen atoms in total. The Kier molecular flexibility index (Phi) is 4.37. The van der Waals surface area contributed by atoms with Crippen molar-refractivity contribution in [2.24, 2.45) is 0 Å². The number of hydrogen-bond donors (Lipinski definition) is 1. The summed E-state index contributed by atoms with van der Waals surface area (Å²) in [5.74, 6) is -0.767. The zero-order valence-electron chi connectivity index (χ0n) is 11.2. The summed E-state index contributed by atoms with van der Waals surface area (Å²) < 4.78 is 13.7. The highest BCUT2D eigenvalue weighted by atomic mass is 19.1. The molecule has 0 saturated carbocycles. The molecule has 0 atom stereocenters. The van der Waals surface area contributed by atoms with E-state index in [4.69, 9.17) is 5.73 Å². The van der Waals surface area contributed by atoms with Crippen molar-refractivity contribution in [3.63, 3.8) is 0 Å². The van der Waals surface area contributed by atoms with Crippen molar-refractivity contribution in [2.75, 3.05) is 38.5 Å². The molecule has 1 aliphatic heterocycles. The van der Waals surface area contributed by atoms with Crippen LogP contribution in [0.2, 0.25) is 0 Å². The van der Waals surface area contributed by atoms with Crippen LogP contribution in [-0.4, -0.2) is 48.4 Å². The molecule has 1 amide bonds. The van der Waals surface area contributed by atoms with E-state index in [1.54, 1.807) is 4.90 Å². The van der Waals surface area contributed by atoms with Gasteiger partial charge in [0.2, 0.25) is 0 Å². The Hall–Kier alpha value is -1.62. The average molecular weight is 265 g/mol.